The summed E-state index contributed by atoms with van der Waals surface area (Å²) < 4.78 is 1.77. The average molecular weight is 394 g/mol. The number of hydrogen-bond donors (Lipinski definition) is 2. The van der Waals surface area contributed by atoms with Crippen LogP contribution in [0, 0.1) is 0 Å². The van der Waals surface area contributed by atoms with E-state index in [1.165, 1.54) is 0 Å². The van der Waals surface area contributed by atoms with Crippen molar-refractivity contribution in [3.8, 4) is 5.88 Å². The van der Waals surface area contributed by atoms with Crippen molar-refractivity contribution in [3.63, 3.8) is 0 Å². The predicted molar refractivity (Wildman–Crippen MR) is 116 cm³/mol. The largest absolute Gasteiger partial charge is 0.493 e. The normalized spacial score (nSPS) is 11.6. The summed E-state index contributed by atoms with van der Waals surface area (Å²) in [4.78, 5) is 15.6. The van der Waals surface area contributed by atoms with Crippen LogP contribution < -0.4 is 0 Å². The van der Waals surface area contributed by atoms with E-state index in [0.29, 0.717) is 12.2 Å². The fraction of sp³-hybridized carbons (Fsp3) is 0.0417. The van der Waals surface area contributed by atoms with Crippen molar-refractivity contribution in [2.45, 2.75) is 6.54 Å². The summed E-state index contributed by atoms with van der Waals surface area (Å²) in [7, 11) is 0. The first-order valence-corrected chi connectivity index (χ1v) is 9.58. The van der Waals surface area contributed by atoms with Gasteiger partial charge in [-0.25, -0.2) is 0 Å². The van der Waals surface area contributed by atoms with Crippen LogP contribution in [-0.4, -0.2) is 20.6 Å². The monoisotopic (exact) mass is 394 g/mol. The van der Waals surface area contributed by atoms with Crippen molar-refractivity contribution in [3.05, 3.63) is 96.2 Å². The maximum atomic E-state index is 12.6. The zero-order valence-electron chi connectivity index (χ0n) is 16.0. The minimum Gasteiger partial charge on any atom is -0.493 e. The Kier molecular flexibility index (Phi) is 4.37. The van der Waals surface area contributed by atoms with Gasteiger partial charge in [-0.3, -0.25) is 4.79 Å². The molecule has 0 fully saturated rings. The van der Waals surface area contributed by atoms with E-state index in [1.54, 1.807) is 10.6 Å². The third kappa shape index (κ3) is 3.14. The van der Waals surface area contributed by atoms with Gasteiger partial charge in [0.05, 0.1) is 12.1 Å². The molecule has 0 atom stereocenters. The Morgan fingerprint density at radius 3 is 2.50 bits per heavy atom. The van der Waals surface area contributed by atoms with Gasteiger partial charge in [-0.05, 0) is 23.8 Å². The molecule has 0 aliphatic heterocycles. The molecule has 146 valence electrons. The maximum absolute atomic E-state index is 12.6. The lowest BCUT2D eigenvalue weighted by Gasteiger charge is -2.06. The molecule has 1 amide bonds. The first-order chi connectivity index (χ1) is 14.7. The number of carbonyl (C=O) groups is 1. The predicted octanol–water partition coefficient (Wildman–Crippen LogP) is 5.80. The minimum absolute atomic E-state index is 0.0201. The number of H-pyrrole nitrogens is 1. The minimum atomic E-state index is -0.495. The molecule has 0 aliphatic rings. The van der Waals surface area contributed by atoms with E-state index >= 15 is 0 Å². The van der Waals surface area contributed by atoms with Gasteiger partial charge in [0.15, 0.2) is 5.69 Å². The van der Waals surface area contributed by atoms with Crippen LogP contribution in [0.3, 0.4) is 0 Å². The van der Waals surface area contributed by atoms with E-state index in [2.05, 4.69) is 15.2 Å². The lowest BCUT2D eigenvalue weighted by atomic mass is 10.2. The van der Waals surface area contributed by atoms with Crippen molar-refractivity contribution in [1.29, 1.82) is 0 Å². The molecular weight excluding hydrogens is 376 g/mol. The molecule has 0 spiro atoms. The molecule has 0 saturated heterocycles. The highest BCUT2D eigenvalue weighted by Gasteiger charge is 2.17. The Hall–Kier alpha value is -4.19. The van der Waals surface area contributed by atoms with Gasteiger partial charge in [0.2, 0.25) is 5.88 Å². The zero-order chi connectivity index (χ0) is 20.5. The summed E-state index contributed by atoms with van der Waals surface area (Å²) in [6.45, 7) is 0.485. The SMILES string of the molecule is O=C(N=Nc1c(O)n(Cc2ccccc2)c2ccccc12)c1cc2ccccc2[nH]1. The summed E-state index contributed by atoms with van der Waals surface area (Å²) in [6, 6.07) is 26.8. The Balaban J connectivity index is 1.52. The number of nitrogens with zero attached hydrogens (tertiary/aromatic N) is 3. The molecule has 2 heterocycles. The number of azo groups is 1. The second-order valence-corrected chi connectivity index (χ2v) is 7.04. The summed E-state index contributed by atoms with van der Waals surface area (Å²) in [5, 5.41) is 20.5. The summed E-state index contributed by atoms with van der Waals surface area (Å²) in [6.07, 6.45) is 0. The number of carbonyl (C=O) groups excluding carboxylic acids is 1. The summed E-state index contributed by atoms with van der Waals surface area (Å²) in [5.74, 6) is -0.515. The van der Waals surface area contributed by atoms with Gasteiger partial charge in [-0.1, -0.05) is 66.7 Å². The topological polar surface area (TPSA) is 82.7 Å². The van der Waals surface area contributed by atoms with Crippen LogP contribution in [0.2, 0.25) is 0 Å². The van der Waals surface area contributed by atoms with E-state index in [-0.39, 0.29) is 11.6 Å². The maximum Gasteiger partial charge on any atom is 0.311 e. The molecule has 5 aromatic rings. The smallest absolute Gasteiger partial charge is 0.311 e. The number of aromatic nitrogens is 2. The van der Waals surface area contributed by atoms with Gasteiger partial charge in [0.25, 0.3) is 0 Å². The molecule has 0 aliphatic carbocycles. The number of nitrogens with one attached hydrogen (secondary N) is 1. The number of rotatable bonds is 4. The van der Waals surface area contributed by atoms with E-state index in [9.17, 15) is 9.90 Å². The van der Waals surface area contributed by atoms with Crippen LogP contribution in [0.5, 0.6) is 5.88 Å². The standard InChI is InChI=1S/C24H18N4O2/c29-23(20-14-17-10-4-6-12-19(17)25-20)27-26-22-18-11-5-7-13-21(18)28(24(22)30)15-16-8-2-1-3-9-16/h1-14,25,30H,15H2. The molecule has 3 aromatic carbocycles. The second-order valence-electron chi connectivity index (χ2n) is 7.04. The molecule has 0 unspecified atom stereocenters. The molecule has 6 nitrogen and oxygen atoms in total. The van der Waals surface area contributed by atoms with Gasteiger partial charge in [0, 0.05) is 16.3 Å². The van der Waals surface area contributed by atoms with Crippen LogP contribution in [-0.2, 0) is 6.54 Å². The Bertz CT molecular complexity index is 1360. The van der Waals surface area contributed by atoms with E-state index < -0.39 is 5.91 Å². The van der Waals surface area contributed by atoms with E-state index in [1.807, 2.05) is 78.9 Å². The van der Waals surface area contributed by atoms with Gasteiger partial charge in [-0.15, -0.1) is 10.2 Å². The number of benzene rings is 3. The second kappa shape index (κ2) is 7.33. The lowest BCUT2D eigenvalue weighted by molar-refractivity contribution is 0.0991. The van der Waals surface area contributed by atoms with Gasteiger partial charge < -0.3 is 14.7 Å². The highest BCUT2D eigenvalue weighted by atomic mass is 16.3. The van der Waals surface area contributed by atoms with Crippen molar-refractivity contribution in [1.82, 2.24) is 9.55 Å². The van der Waals surface area contributed by atoms with Crippen molar-refractivity contribution >= 4 is 33.4 Å². The zero-order valence-corrected chi connectivity index (χ0v) is 16.0. The third-order valence-corrected chi connectivity index (χ3v) is 5.10. The van der Waals surface area contributed by atoms with E-state index in [4.69, 9.17) is 0 Å². The van der Waals surface area contributed by atoms with Crippen molar-refractivity contribution in [2.75, 3.05) is 0 Å². The van der Waals surface area contributed by atoms with E-state index in [0.717, 1.165) is 27.4 Å². The Labute approximate surface area is 172 Å². The highest BCUT2D eigenvalue weighted by Crippen LogP contribution is 2.39. The quantitative estimate of drug-likeness (QED) is 0.378. The molecule has 0 saturated carbocycles. The number of para-hydroxylation sites is 2. The highest BCUT2D eigenvalue weighted by molar-refractivity contribution is 5.99. The van der Waals surface area contributed by atoms with Gasteiger partial charge in [-0.2, -0.15) is 0 Å². The fourth-order valence-corrected chi connectivity index (χ4v) is 3.63. The fourth-order valence-electron chi connectivity index (χ4n) is 3.63. The van der Waals surface area contributed by atoms with Crippen LogP contribution in [0.15, 0.2) is 95.2 Å². The molecule has 2 N–H and O–H groups in total. The van der Waals surface area contributed by atoms with Crippen LogP contribution >= 0.6 is 0 Å². The van der Waals surface area contributed by atoms with Gasteiger partial charge in [0.1, 0.15) is 5.69 Å². The summed E-state index contributed by atoms with van der Waals surface area (Å²) in [5.41, 5.74) is 3.37. The first kappa shape index (κ1) is 17.9. The average Bonchev–Trinajstić information content (AvgIpc) is 3.33. The molecule has 2 aromatic heterocycles. The number of hydrogen-bond acceptors (Lipinski definition) is 3. The number of aromatic hydroxyl groups is 1. The lowest BCUT2D eigenvalue weighted by Crippen LogP contribution is -1.98. The Morgan fingerprint density at radius 1 is 0.933 bits per heavy atom. The van der Waals surface area contributed by atoms with Crippen LogP contribution in [0.4, 0.5) is 5.69 Å². The molecule has 6 heteroatoms. The van der Waals surface area contributed by atoms with Crippen molar-refractivity contribution < 1.29 is 9.90 Å². The van der Waals surface area contributed by atoms with Crippen molar-refractivity contribution in [2.24, 2.45) is 10.2 Å². The third-order valence-electron chi connectivity index (χ3n) is 5.10. The van der Waals surface area contributed by atoms with Crippen LogP contribution in [0.25, 0.3) is 21.8 Å². The first-order valence-electron chi connectivity index (χ1n) is 9.58. The molecule has 5 rings (SSSR count). The molecule has 0 radical (unpaired) electrons. The Morgan fingerprint density at radius 2 is 1.67 bits per heavy atom. The molecule has 0 bridgehead atoms. The number of amides is 1. The molecule has 30 heavy (non-hydrogen) atoms. The number of fused-ring (bicyclic) bond motifs is 2. The molecular formula is C24H18N4O2. The van der Waals surface area contributed by atoms with Gasteiger partial charge >= 0.3 is 5.91 Å². The van der Waals surface area contributed by atoms with Crippen LogP contribution in [0.1, 0.15) is 16.1 Å². The number of aromatic amines is 1. The summed E-state index contributed by atoms with van der Waals surface area (Å²) >= 11 is 0.